The van der Waals surface area contributed by atoms with Gasteiger partial charge in [-0.25, -0.2) is 0 Å². The number of aliphatic hydroxyl groups excluding tert-OH is 4. The minimum atomic E-state index is -0.819. The van der Waals surface area contributed by atoms with E-state index in [1.54, 1.807) is 30.3 Å². The number of esters is 1. The lowest BCUT2D eigenvalue weighted by Gasteiger charge is -2.23. The Morgan fingerprint density at radius 1 is 0.618 bits per heavy atom. The molecule has 0 aliphatic carbocycles. The number of carbonyl (C=O) groups is 1. The number of aliphatic hydroxyl groups is 4. The summed E-state index contributed by atoms with van der Waals surface area (Å²) >= 11 is 11.8. The fourth-order valence-electron chi connectivity index (χ4n) is 6.92. The van der Waals surface area contributed by atoms with Crippen molar-refractivity contribution in [1.29, 1.82) is 0 Å². The van der Waals surface area contributed by atoms with Crippen molar-refractivity contribution in [2.24, 2.45) is 0 Å². The van der Waals surface area contributed by atoms with Crippen molar-refractivity contribution in [1.82, 2.24) is 21.3 Å². The molecule has 0 aliphatic heterocycles. The number of ether oxygens (including phenoxy) is 2. The summed E-state index contributed by atoms with van der Waals surface area (Å²) in [6.45, 7) is 25.0. The third kappa shape index (κ3) is 25.1. The Morgan fingerprint density at radius 3 is 1.66 bits per heavy atom. The molecule has 0 heterocycles. The van der Waals surface area contributed by atoms with Crippen molar-refractivity contribution >= 4 is 34.9 Å². The second-order valence-electron chi connectivity index (χ2n) is 20.2. The second-order valence-corrected chi connectivity index (χ2v) is 21.1. The first-order valence-electron chi connectivity index (χ1n) is 25.0. The van der Waals surface area contributed by atoms with Gasteiger partial charge in [-0.15, -0.1) is 0 Å². The highest BCUT2D eigenvalue weighted by Crippen LogP contribution is 2.34. The summed E-state index contributed by atoms with van der Waals surface area (Å²) in [6, 6.07) is 21.3. The van der Waals surface area contributed by atoms with Crippen LogP contribution in [0.3, 0.4) is 0 Å². The minimum absolute atomic E-state index is 0.0532. The van der Waals surface area contributed by atoms with Gasteiger partial charge in [0.2, 0.25) is 0 Å². The van der Waals surface area contributed by atoms with Crippen LogP contribution in [-0.4, -0.2) is 114 Å². The Hall–Kier alpha value is -5.57. The lowest BCUT2D eigenvalue weighted by atomic mass is 10.0. The van der Waals surface area contributed by atoms with E-state index in [4.69, 9.17) is 43.5 Å². The molecule has 5 atom stereocenters. The summed E-state index contributed by atoms with van der Waals surface area (Å²) in [6.07, 6.45) is -1.97. The van der Waals surface area contributed by atoms with Gasteiger partial charge in [-0.1, -0.05) is 69.1 Å². The SMILES string of the molecule is CC(=O)Oc1c(C)cc(OCC(O)CNC(C)C)c(C)c1C.CC(C)(C)NCC(O)c1cc(Cl)c(N)c(Cl)c1.CC(C)NCC(O)c1ccc(O)c(O)c1.CC(Cc1ccc(O)cc1)NCC(O)c1cc(O)cc(O)c1. The number of phenolic OH excluding ortho intramolecular Hbond substituents is 5. The zero-order valence-electron chi connectivity index (χ0n) is 45.9. The van der Waals surface area contributed by atoms with Crippen LogP contribution >= 0.6 is 23.2 Å². The number of hydrogen-bond acceptors (Lipinski definition) is 17. The number of hydrogen-bond donors (Lipinski definition) is 14. The van der Waals surface area contributed by atoms with Gasteiger partial charge in [0.15, 0.2) is 11.5 Å². The zero-order chi connectivity index (χ0) is 57.6. The van der Waals surface area contributed by atoms with Gasteiger partial charge in [0, 0.05) is 62.8 Å². The van der Waals surface area contributed by atoms with E-state index >= 15 is 0 Å². The number of halogens is 2. The number of rotatable bonds is 20. The first-order valence-corrected chi connectivity index (χ1v) is 25.8. The molecule has 17 nitrogen and oxygen atoms in total. The summed E-state index contributed by atoms with van der Waals surface area (Å²) in [5.74, 6) is 0.642. The van der Waals surface area contributed by atoms with E-state index in [9.17, 15) is 45.6 Å². The van der Waals surface area contributed by atoms with Gasteiger partial charge in [-0.05, 0) is 148 Å². The second kappa shape index (κ2) is 32.2. The van der Waals surface area contributed by atoms with Gasteiger partial charge in [0.25, 0.3) is 0 Å². The van der Waals surface area contributed by atoms with Gasteiger partial charge in [-0.3, -0.25) is 4.79 Å². The number of phenols is 5. The van der Waals surface area contributed by atoms with Crippen LogP contribution in [0.25, 0.3) is 0 Å². The third-order valence-electron chi connectivity index (χ3n) is 11.3. The van der Waals surface area contributed by atoms with Gasteiger partial charge >= 0.3 is 5.97 Å². The Kier molecular flexibility index (Phi) is 28.2. The van der Waals surface area contributed by atoms with Gasteiger partial charge in [-0.2, -0.15) is 0 Å². The molecule has 0 saturated heterocycles. The molecule has 5 unspecified atom stereocenters. The minimum Gasteiger partial charge on any atom is -0.508 e. The molecule has 0 bridgehead atoms. The molecule has 0 radical (unpaired) electrons. The van der Waals surface area contributed by atoms with E-state index in [0.717, 1.165) is 28.7 Å². The predicted octanol–water partition coefficient (Wildman–Crippen LogP) is 8.46. The molecule has 0 aromatic heterocycles. The molecular formula is C57H83Cl2N5O12. The standard InChI is InChI=1S/C17H21NO4.C17H27NO4.C12H18Cl2N2O.C11H17NO3/c1-11(6-12-2-4-14(19)5-3-12)18-10-17(22)13-7-15(20)9-16(21)8-13;1-10(2)18-8-15(20)9-21-16-7-11(3)17(22-14(6)19)13(5)12(16)4;1-12(2,3)16-6-10(17)7-4-8(13)11(15)9(14)5-7;1-7(2)12-6-11(15)8-3-4-9(13)10(14)5-8/h2-5,7-9,11,17-22H,6,10H2,1H3;7,10,15,18,20H,8-9H2,1-6H3;4-5,10,16-17H,6,15H2,1-3H3;3-5,7,11-15H,6H2,1-2H3. The first-order chi connectivity index (χ1) is 35.4. The Bertz CT molecular complexity index is 2520. The normalized spacial score (nSPS) is 13.2. The topological polar surface area (TPSA) is 292 Å². The van der Waals surface area contributed by atoms with Crippen LogP contribution in [-0.2, 0) is 11.2 Å². The maximum absolute atomic E-state index is 11.2. The highest BCUT2D eigenvalue weighted by atomic mass is 35.5. The summed E-state index contributed by atoms with van der Waals surface area (Å²) in [7, 11) is 0. The summed E-state index contributed by atoms with van der Waals surface area (Å²) in [5, 5.41) is 99.6. The number of anilines is 1. The zero-order valence-corrected chi connectivity index (χ0v) is 47.4. The predicted molar refractivity (Wildman–Crippen MR) is 302 cm³/mol. The summed E-state index contributed by atoms with van der Waals surface area (Å²) in [4.78, 5) is 11.2. The van der Waals surface area contributed by atoms with Crippen molar-refractivity contribution in [3.63, 3.8) is 0 Å². The lowest BCUT2D eigenvalue weighted by molar-refractivity contribution is -0.132. The summed E-state index contributed by atoms with van der Waals surface area (Å²) in [5.41, 5.74) is 11.3. The van der Waals surface area contributed by atoms with Crippen LogP contribution < -0.4 is 36.5 Å². The molecule has 0 amide bonds. The van der Waals surface area contributed by atoms with Crippen LogP contribution in [0, 0.1) is 20.8 Å². The fraction of sp³-hybridized carbons (Fsp3) is 0.456. The van der Waals surface area contributed by atoms with Crippen LogP contribution in [0.4, 0.5) is 5.69 Å². The monoisotopic (exact) mass is 1100 g/mol. The maximum atomic E-state index is 11.2. The molecule has 5 aromatic carbocycles. The molecule has 5 rings (SSSR count). The number of benzene rings is 5. The number of aryl methyl sites for hydroxylation is 1. The largest absolute Gasteiger partial charge is 0.508 e. The van der Waals surface area contributed by atoms with E-state index in [-0.39, 0.29) is 52.9 Å². The van der Waals surface area contributed by atoms with Crippen LogP contribution in [0.5, 0.6) is 40.2 Å². The molecule has 0 aliphatic rings. The molecule has 422 valence electrons. The number of nitrogens with one attached hydrogen (secondary N) is 4. The quantitative estimate of drug-likeness (QED) is 0.0150. The van der Waals surface area contributed by atoms with E-state index in [1.165, 1.54) is 37.3 Å². The van der Waals surface area contributed by atoms with Crippen molar-refractivity contribution < 1.29 is 60.2 Å². The smallest absolute Gasteiger partial charge is 0.308 e. The van der Waals surface area contributed by atoms with Crippen molar-refractivity contribution in [3.8, 4) is 40.2 Å². The van der Waals surface area contributed by atoms with Crippen LogP contribution in [0.15, 0.2) is 78.9 Å². The molecule has 15 N–H and O–H groups in total. The van der Waals surface area contributed by atoms with Crippen LogP contribution in [0.2, 0.25) is 10.0 Å². The van der Waals surface area contributed by atoms with Crippen LogP contribution in [0.1, 0.15) is 120 Å². The molecular weight excluding hydrogens is 1020 g/mol. The molecule has 19 heteroatoms. The average molecular weight is 1100 g/mol. The molecule has 5 aromatic rings. The first kappa shape index (κ1) is 66.5. The molecule has 0 fully saturated rings. The Morgan fingerprint density at radius 2 is 1.13 bits per heavy atom. The number of aromatic hydroxyl groups is 5. The number of nitrogens with two attached hydrogens (primary N) is 1. The van der Waals surface area contributed by atoms with Crippen molar-refractivity contribution in [2.75, 3.05) is 38.5 Å². The van der Waals surface area contributed by atoms with Gasteiger partial charge in [0.05, 0.1) is 34.0 Å². The fourth-order valence-corrected chi connectivity index (χ4v) is 7.42. The highest BCUT2D eigenvalue weighted by molar-refractivity contribution is 6.38. The average Bonchev–Trinajstić information content (AvgIpc) is 3.33. The Labute approximate surface area is 458 Å². The number of β-amino-alcohol motifs (C(OH)–C–C–N with tert-alkyl or cyclic N) is 1. The van der Waals surface area contributed by atoms with Gasteiger partial charge in [0.1, 0.15) is 41.5 Å². The number of carbonyl (C=O) groups excluding carboxylic acids is 1. The van der Waals surface area contributed by atoms with E-state index in [1.807, 2.05) is 94.4 Å². The third-order valence-corrected chi connectivity index (χ3v) is 11.9. The van der Waals surface area contributed by atoms with E-state index < -0.39 is 24.4 Å². The van der Waals surface area contributed by atoms with Crippen molar-refractivity contribution in [2.45, 2.75) is 138 Å². The molecule has 0 saturated carbocycles. The van der Waals surface area contributed by atoms with E-state index in [2.05, 4.69) is 21.3 Å². The number of nitrogen functional groups attached to an aromatic ring is 1. The van der Waals surface area contributed by atoms with Crippen molar-refractivity contribution in [3.05, 3.63) is 128 Å². The molecule has 76 heavy (non-hydrogen) atoms. The lowest BCUT2D eigenvalue weighted by Crippen LogP contribution is -2.38. The summed E-state index contributed by atoms with van der Waals surface area (Å²) < 4.78 is 11.0. The van der Waals surface area contributed by atoms with E-state index in [0.29, 0.717) is 82.2 Å². The maximum Gasteiger partial charge on any atom is 0.308 e. The molecule has 0 spiro atoms. The van der Waals surface area contributed by atoms with Gasteiger partial charge < -0.3 is 82.4 Å². The highest BCUT2D eigenvalue weighted by Gasteiger charge is 2.18. The Balaban J connectivity index is 0.000000351.